The molecule has 2 N–H and O–H groups in total. The molecule has 2 aromatic heterocycles. The average Bonchev–Trinajstić information content (AvgIpc) is 3.22. The molecular weight excluding hydrogens is 362 g/mol. The molecule has 3 rings (SSSR count). The van der Waals surface area contributed by atoms with Crippen molar-refractivity contribution in [2.45, 2.75) is 20.0 Å². The van der Waals surface area contributed by atoms with Gasteiger partial charge in [-0.2, -0.15) is 0 Å². The third-order valence-corrected chi connectivity index (χ3v) is 3.94. The quantitative estimate of drug-likeness (QED) is 0.658. The number of pyridine rings is 1. The lowest BCUT2D eigenvalue weighted by Crippen LogP contribution is -2.44. The van der Waals surface area contributed by atoms with Gasteiger partial charge >= 0.3 is 12.0 Å². The lowest BCUT2D eigenvalue weighted by Gasteiger charge is -2.14. The summed E-state index contributed by atoms with van der Waals surface area (Å²) in [5, 5.41) is 5.13. The van der Waals surface area contributed by atoms with Crippen LogP contribution in [0.3, 0.4) is 0 Å². The Kier molecular flexibility index (Phi) is 5.69. The first-order chi connectivity index (χ1) is 13.5. The number of carbonyl (C=O) groups is 3. The molecule has 8 heteroatoms. The lowest BCUT2D eigenvalue weighted by atomic mass is 10.1. The molecule has 0 fully saturated rings. The number of benzene rings is 1. The number of aromatic nitrogens is 1. The van der Waals surface area contributed by atoms with E-state index in [1.54, 1.807) is 49.4 Å². The highest BCUT2D eigenvalue weighted by molar-refractivity contribution is 6.05. The number of nitrogens with one attached hydrogen (secondary N) is 2. The van der Waals surface area contributed by atoms with Gasteiger partial charge in [0.1, 0.15) is 5.69 Å². The molecule has 0 aliphatic carbocycles. The van der Waals surface area contributed by atoms with Crippen molar-refractivity contribution in [2.24, 2.45) is 0 Å². The zero-order valence-electron chi connectivity index (χ0n) is 15.4. The average molecular weight is 381 g/mol. The molecule has 144 valence electrons. The molecule has 0 unspecified atom stereocenters. The molecule has 0 saturated heterocycles. The Labute approximate surface area is 160 Å². The number of fused-ring (bicyclic) bond motifs is 1. The van der Waals surface area contributed by atoms with Gasteiger partial charge in [-0.3, -0.25) is 10.1 Å². The Morgan fingerprint density at radius 1 is 1.18 bits per heavy atom. The Balaban J connectivity index is 1.86. The molecule has 28 heavy (non-hydrogen) atoms. The van der Waals surface area contributed by atoms with E-state index in [1.807, 2.05) is 0 Å². The lowest BCUT2D eigenvalue weighted by molar-refractivity contribution is -0.127. The number of hydrogen-bond acceptors (Lipinski definition) is 6. The number of urea groups is 1. The third-order valence-electron chi connectivity index (χ3n) is 3.94. The molecule has 0 saturated carbocycles. The molecule has 2 heterocycles. The first-order valence-corrected chi connectivity index (χ1v) is 8.73. The number of nitrogens with zero attached hydrogens (tertiary/aromatic N) is 1. The van der Waals surface area contributed by atoms with Gasteiger partial charge in [-0.1, -0.05) is 18.2 Å². The highest BCUT2D eigenvalue weighted by Gasteiger charge is 2.23. The third kappa shape index (κ3) is 4.17. The number of ether oxygens (including phenoxy) is 1. The zero-order chi connectivity index (χ0) is 20.1. The number of furan rings is 1. The van der Waals surface area contributed by atoms with Crippen LogP contribution in [-0.2, 0) is 9.53 Å². The van der Waals surface area contributed by atoms with E-state index in [1.165, 1.54) is 13.2 Å². The largest absolute Gasteiger partial charge is 0.463 e. The van der Waals surface area contributed by atoms with Crippen LogP contribution in [0, 0.1) is 0 Å². The smallest absolute Gasteiger partial charge is 0.339 e. The van der Waals surface area contributed by atoms with Gasteiger partial charge in [0.15, 0.2) is 11.9 Å². The SMILES string of the molecule is CCNC(=O)NC(=O)[C@H](C)OC(=O)c1cc(-c2ccco2)nc2ccccc12. The Bertz CT molecular complexity index is 1010. The number of hydrogen-bond donors (Lipinski definition) is 2. The van der Waals surface area contributed by atoms with Crippen LogP contribution in [0.1, 0.15) is 24.2 Å². The van der Waals surface area contributed by atoms with Gasteiger partial charge in [0.25, 0.3) is 5.91 Å². The minimum Gasteiger partial charge on any atom is -0.463 e. The van der Waals surface area contributed by atoms with E-state index in [0.717, 1.165) is 0 Å². The first-order valence-electron chi connectivity index (χ1n) is 8.73. The van der Waals surface area contributed by atoms with Crippen molar-refractivity contribution < 1.29 is 23.5 Å². The standard InChI is InChI=1S/C20H19N3O5/c1-3-21-20(26)23-18(24)12(2)28-19(25)14-11-16(17-9-6-10-27-17)22-15-8-5-4-7-13(14)15/h4-12H,3H2,1-2H3,(H2,21,23,24,26)/t12-/m0/s1. The highest BCUT2D eigenvalue weighted by atomic mass is 16.5. The van der Waals surface area contributed by atoms with Crippen LogP contribution in [-0.4, -0.2) is 35.5 Å². The Morgan fingerprint density at radius 3 is 2.68 bits per heavy atom. The number of para-hydroxylation sites is 1. The van der Waals surface area contributed by atoms with Crippen LogP contribution >= 0.6 is 0 Å². The Morgan fingerprint density at radius 2 is 1.96 bits per heavy atom. The van der Waals surface area contributed by atoms with Gasteiger partial charge in [-0.05, 0) is 38.1 Å². The van der Waals surface area contributed by atoms with Crippen molar-refractivity contribution in [2.75, 3.05) is 6.54 Å². The molecule has 3 amide bonds. The van der Waals surface area contributed by atoms with Crippen LogP contribution in [0.2, 0.25) is 0 Å². The fraction of sp³-hybridized carbons (Fsp3) is 0.200. The molecular formula is C20H19N3O5. The van der Waals surface area contributed by atoms with Crippen molar-refractivity contribution in [3.05, 3.63) is 54.3 Å². The normalized spacial score (nSPS) is 11.6. The second-order valence-electron chi connectivity index (χ2n) is 5.95. The summed E-state index contributed by atoms with van der Waals surface area (Å²) in [5.74, 6) is -0.921. The second-order valence-corrected chi connectivity index (χ2v) is 5.95. The minimum absolute atomic E-state index is 0.245. The molecule has 0 spiro atoms. The van der Waals surface area contributed by atoms with E-state index in [-0.39, 0.29) is 5.56 Å². The van der Waals surface area contributed by atoms with Crippen molar-refractivity contribution in [3.63, 3.8) is 0 Å². The van der Waals surface area contributed by atoms with E-state index >= 15 is 0 Å². The van der Waals surface area contributed by atoms with Gasteiger partial charge < -0.3 is 14.5 Å². The second kappa shape index (κ2) is 8.34. The maximum Gasteiger partial charge on any atom is 0.339 e. The number of amides is 3. The van der Waals surface area contributed by atoms with Crippen molar-refractivity contribution in [1.29, 1.82) is 0 Å². The van der Waals surface area contributed by atoms with E-state index in [4.69, 9.17) is 9.15 Å². The van der Waals surface area contributed by atoms with E-state index in [2.05, 4.69) is 15.6 Å². The van der Waals surface area contributed by atoms with E-state index in [9.17, 15) is 14.4 Å². The highest BCUT2D eigenvalue weighted by Crippen LogP contribution is 2.26. The summed E-state index contributed by atoms with van der Waals surface area (Å²) in [6, 6.07) is 11.4. The van der Waals surface area contributed by atoms with Gasteiger partial charge in [-0.25, -0.2) is 14.6 Å². The monoisotopic (exact) mass is 381 g/mol. The van der Waals surface area contributed by atoms with E-state index < -0.39 is 24.0 Å². The van der Waals surface area contributed by atoms with Gasteiger partial charge in [0.05, 0.1) is 17.3 Å². The van der Waals surface area contributed by atoms with Crippen molar-refractivity contribution in [3.8, 4) is 11.5 Å². The number of carbonyl (C=O) groups excluding carboxylic acids is 3. The molecule has 0 aliphatic rings. The summed E-state index contributed by atoms with van der Waals surface area (Å²) in [4.78, 5) is 40.7. The number of esters is 1. The molecule has 1 atom stereocenters. The van der Waals surface area contributed by atoms with E-state index in [0.29, 0.717) is 28.9 Å². The summed E-state index contributed by atoms with van der Waals surface area (Å²) in [6.07, 6.45) is 0.354. The first kappa shape index (κ1) is 19.1. The van der Waals surface area contributed by atoms with Crippen molar-refractivity contribution in [1.82, 2.24) is 15.6 Å². The predicted octanol–water partition coefficient (Wildman–Crippen LogP) is 2.89. The summed E-state index contributed by atoms with van der Waals surface area (Å²) in [7, 11) is 0. The van der Waals surface area contributed by atoms with Crippen LogP contribution in [0.15, 0.2) is 53.1 Å². The fourth-order valence-corrected chi connectivity index (χ4v) is 2.59. The minimum atomic E-state index is -1.16. The van der Waals surface area contributed by atoms with Crippen LogP contribution in [0.5, 0.6) is 0 Å². The summed E-state index contributed by atoms with van der Waals surface area (Å²) in [5.41, 5.74) is 1.30. The predicted molar refractivity (Wildman–Crippen MR) is 102 cm³/mol. The molecule has 3 aromatic rings. The summed E-state index contributed by atoms with van der Waals surface area (Å²) < 4.78 is 10.6. The molecule has 0 bridgehead atoms. The zero-order valence-corrected chi connectivity index (χ0v) is 15.4. The van der Waals surface area contributed by atoms with Gasteiger partial charge in [-0.15, -0.1) is 0 Å². The molecule has 0 radical (unpaired) electrons. The summed E-state index contributed by atoms with van der Waals surface area (Å²) in [6.45, 7) is 3.48. The number of rotatable bonds is 5. The summed E-state index contributed by atoms with van der Waals surface area (Å²) >= 11 is 0. The van der Waals surface area contributed by atoms with Crippen LogP contribution in [0.25, 0.3) is 22.4 Å². The Hall–Kier alpha value is -3.68. The van der Waals surface area contributed by atoms with Gasteiger partial charge in [0.2, 0.25) is 0 Å². The van der Waals surface area contributed by atoms with Crippen LogP contribution in [0.4, 0.5) is 4.79 Å². The van der Waals surface area contributed by atoms with Crippen molar-refractivity contribution >= 4 is 28.8 Å². The fourth-order valence-electron chi connectivity index (χ4n) is 2.59. The molecule has 0 aliphatic heterocycles. The number of imide groups is 1. The maximum absolute atomic E-state index is 12.7. The molecule has 8 nitrogen and oxygen atoms in total. The van der Waals surface area contributed by atoms with Gasteiger partial charge in [0, 0.05) is 11.9 Å². The van der Waals surface area contributed by atoms with Crippen LogP contribution < -0.4 is 10.6 Å². The molecule has 1 aromatic carbocycles. The topological polar surface area (TPSA) is 111 Å². The maximum atomic E-state index is 12.7.